The zero-order valence-corrected chi connectivity index (χ0v) is 20.2. The molecule has 0 radical (unpaired) electrons. The molecule has 0 aromatic heterocycles. The largest absolute Gasteiger partial charge is 0.393 e. The van der Waals surface area contributed by atoms with E-state index in [0.29, 0.717) is 16.7 Å². The van der Waals surface area contributed by atoms with E-state index in [0.717, 1.165) is 54.9 Å². The quantitative estimate of drug-likeness (QED) is 0.493. The summed E-state index contributed by atoms with van der Waals surface area (Å²) in [4.78, 5) is 0. The van der Waals surface area contributed by atoms with Crippen molar-refractivity contribution in [1.82, 2.24) is 0 Å². The van der Waals surface area contributed by atoms with Gasteiger partial charge in [-0.2, -0.15) is 0 Å². The molecule has 3 fully saturated rings. The van der Waals surface area contributed by atoms with Crippen LogP contribution in [0.3, 0.4) is 0 Å². The number of rotatable bonds is 5. The highest BCUT2D eigenvalue weighted by Gasteiger charge is 2.59. The van der Waals surface area contributed by atoms with E-state index < -0.39 is 5.60 Å². The van der Waals surface area contributed by atoms with E-state index in [1.807, 2.05) is 13.8 Å². The molecule has 0 aliphatic heterocycles. The summed E-state index contributed by atoms with van der Waals surface area (Å²) in [5, 5.41) is 20.9. The lowest BCUT2D eigenvalue weighted by molar-refractivity contribution is -0.0582. The average Bonchev–Trinajstić information content (AvgIpc) is 3.04. The van der Waals surface area contributed by atoms with Crippen LogP contribution < -0.4 is 0 Å². The second kappa shape index (κ2) is 7.77. The summed E-state index contributed by atoms with van der Waals surface area (Å²) in [7, 11) is 0. The monoisotopic (exact) mass is 414 g/mol. The van der Waals surface area contributed by atoms with Crippen LogP contribution in [0.2, 0.25) is 0 Å². The molecule has 2 N–H and O–H groups in total. The normalized spacial score (nSPS) is 46.1. The molecule has 0 heterocycles. The topological polar surface area (TPSA) is 40.5 Å². The van der Waals surface area contributed by atoms with Gasteiger partial charge >= 0.3 is 0 Å². The van der Waals surface area contributed by atoms with Crippen LogP contribution in [0.25, 0.3) is 0 Å². The Kier molecular flexibility index (Phi) is 5.85. The van der Waals surface area contributed by atoms with Gasteiger partial charge in [-0.1, -0.05) is 39.0 Å². The molecule has 0 saturated heterocycles. The fourth-order valence-corrected chi connectivity index (χ4v) is 8.54. The summed E-state index contributed by atoms with van der Waals surface area (Å²) in [6.45, 7) is 15.5. The Balaban J connectivity index is 1.49. The number of aliphatic hydroxyl groups excluding tert-OH is 1. The molecule has 4 rings (SSSR count). The van der Waals surface area contributed by atoms with Gasteiger partial charge in [0.25, 0.3) is 0 Å². The van der Waals surface area contributed by atoms with Crippen molar-refractivity contribution in [3.63, 3.8) is 0 Å². The van der Waals surface area contributed by atoms with Gasteiger partial charge in [-0.3, -0.25) is 0 Å². The highest BCUT2D eigenvalue weighted by atomic mass is 16.3. The molecule has 0 bridgehead atoms. The predicted octanol–water partition coefficient (Wildman–Crippen LogP) is 6.67. The maximum atomic E-state index is 10.7. The van der Waals surface area contributed by atoms with E-state index in [1.54, 1.807) is 5.57 Å². The van der Waals surface area contributed by atoms with Gasteiger partial charge in [0.05, 0.1) is 11.7 Å². The highest BCUT2D eigenvalue weighted by molar-refractivity contribution is 5.25. The number of fused-ring (bicyclic) bond motifs is 5. The van der Waals surface area contributed by atoms with Crippen molar-refractivity contribution in [3.05, 3.63) is 23.8 Å². The summed E-state index contributed by atoms with van der Waals surface area (Å²) in [6, 6.07) is 0. The maximum absolute atomic E-state index is 10.7. The van der Waals surface area contributed by atoms with Crippen molar-refractivity contribution < 1.29 is 10.2 Å². The summed E-state index contributed by atoms with van der Waals surface area (Å²) in [5.41, 5.74) is 2.55. The Hall–Kier alpha value is -0.600. The van der Waals surface area contributed by atoms with Gasteiger partial charge in [-0.05, 0) is 124 Å². The predicted molar refractivity (Wildman–Crippen MR) is 125 cm³/mol. The molecular weight excluding hydrogens is 368 g/mol. The first-order valence-corrected chi connectivity index (χ1v) is 12.7. The minimum absolute atomic E-state index is 0.108. The molecule has 4 aliphatic carbocycles. The van der Waals surface area contributed by atoms with Crippen molar-refractivity contribution in [2.45, 2.75) is 111 Å². The zero-order valence-electron chi connectivity index (χ0n) is 20.2. The van der Waals surface area contributed by atoms with Crippen LogP contribution >= 0.6 is 0 Å². The first kappa shape index (κ1) is 22.6. The number of aliphatic hydroxyl groups is 2. The van der Waals surface area contributed by atoms with E-state index >= 15 is 0 Å². The van der Waals surface area contributed by atoms with E-state index in [2.05, 4.69) is 33.4 Å². The Bertz CT molecular complexity index is 705. The molecule has 0 spiro atoms. The lowest BCUT2D eigenvalue weighted by atomic mass is 9.47. The molecule has 3 saturated carbocycles. The van der Waals surface area contributed by atoms with Crippen LogP contribution in [0.1, 0.15) is 98.8 Å². The number of allylic oxidation sites excluding steroid dienone is 1. The molecular formula is C28H46O2. The average molecular weight is 415 g/mol. The minimum Gasteiger partial charge on any atom is -0.393 e. The zero-order chi connectivity index (χ0) is 21.9. The van der Waals surface area contributed by atoms with Crippen LogP contribution in [-0.4, -0.2) is 21.9 Å². The Labute approximate surface area is 185 Å². The standard InChI is InChI=1S/C28H46O2/c1-18(2)28(6,30)16-11-19(3)23-9-10-24-22-8-7-20-17-21(29)12-14-26(20,4)25(22)13-15-27(23,24)5/h7,19,21-25,29-30H,1,8-17H2,2-6H3/t19-,21+,22+,23-,24+,25+,26+,27-,28?/m1/s1. The molecule has 4 aliphatic rings. The van der Waals surface area contributed by atoms with E-state index in [1.165, 1.54) is 38.5 Å². The van der Waals surface area contributed by atoms with Gasteiger partial charge in [0, 0.05) is 0 Å². The second-order valence-electron chi connectivity index (χ2n) is 12.5. The van der Waals surface area contributed by atoms with E-state index in [4.69, 9.17) is 0 Å². The number of hydrogen-bond acceptors (Lipinski definition) is 2. The third-order valence-electron chi connectivity index (χ3n) is 10.8. The van der Waals surface area contributed by atoms with Crippen LogP contribution in [0.15, 0.2) is 23.8 Å². The van der Waals surface area contributed by atoms with Gasteiger partial charge < -0.3 is 10.2 Å². The van der Waals surface area contributed by atoms with Crippen molar-refractivity contribution in [2.75, 3.05) is 0 Å². The maximum Gasteiger partial charge on any atom is 0.0823 e. The van der Waals surface area contributed by atoms with Gasteiger partial charge in [0.1, 0.15) is 0 Å². The third kappa shape index (κ3) is 3.54. The first-order chi connectivity index (χ1) is 14.0. The van der Waals surface area contributed by atoms with Crippen LogP contribution in [-0.2, 0) is 0 Å². The van der Waals surface area contributed by atoms with Gasteiger partial charge in [0.2, 0.25) is 0 Å². The summed E-state index contributed by atoms with van der Waals surface area (Å²) < 4.78 is 0. The SMILES string of the molecule is C=C(C)C(C)(O)CC[C@@H](C)[C@H]1CC[C@H]2[C@@H]3CC=C4C[C@@H](O)CC[C@]4(C)[C@H]3CC[C@]12C. The lowest BCUT2D eigenvalue weighted by Crippen LogP contribution is -2.50. The third-order valence-corrected chi connectivity index (χ3v) is 10.8. The molecule has 2 heteroatoms. The van der Waals surface area contributed by atoms with Crippen LogP contribution in [0, 0.1) is 40.4 Å². The van der Waals surface area contributed by atoms with Crippen molar-refractivity contribution in [1.29, 1.82) is 0 Å². The van der Waals surface area contributed by atoms with Crippen molar-refractivity contribution in [3.8, 4) is 0 Å². The number of hydrogen-bond donors (Lipinski definition) is 2. The summed E-state index contributed by atoms with van der Waals surface area (Å²) in [5.74, 6) is 3.96. The Morgan fingerprint density at radius 2 is 1.93 bits per heavy atom. The van der Waals surface area contributed by atoms with E-state index in [-0.39, 0.29) is 6.10 Å². The molecule has 30 heavy (non-hydrogen) atoms. The summed E-state index contributed by atoms with van der Waals surface area (Å²) in [6.07, 6.45) is 14.2. The molecule has 0 aromatic carbocycles. The van der Waals surface area contributed by atoms with Crippen molar-refractivity contribution >= 4 is 0 Å². The smallest absolute Gasteiger partial charge is 0.0823 e. The van der Waals surface area contributed by atoms with Crippen LogP contribution in [0.4, 0.5) is 0 Å². The van der Waals surface area contributed by atoms with Crippen molar-refractivity contribution in [2.24, 2.45) is 40.4 Å². The van der Waals surface area contributed by atoms with Gasteiger partial charge in [-0.15, -0.1) is 0 Å². The molecule has 2 nitrogen and oxygen atoms in total. The van der Waals surface area contributed by atoms with Gasteiger partial charge in [0.15, 0.2) is 0 Å². The van der Waals surface area contributed by atoms with Gasteiger partial charge in [-0.25, -0.2) is 0 Å². The Morgan fingerprint density at radius 1 is 1.20 bits per heavy atom. The molecule has 1 unspecified atom stereocenters. The molecule has 170 valence electrons. The minimum atomic E-state index is -0.727. The molecule has 0 aromatic rings. The van der Waals surface area contributed by atoms with E-state index in [9.17, 15) is 10.2 Å². The molecule has 9 atom stereocenters. The fourth-order valence-electron chi connectivity index (χ4n) is 8.54. The fraction of sp³-hybridized carbons (Fsp3) is 0.857. The summed E-state index contributed by atoms with van der Waals surface area (Å²) >= 11 is 0. The van der Waals surface area contributed by atoms with Crippen LogP contribution in [0.5, 0.6) is 0 Å². The molecule has 0 amide bonds. The highest BCUT2D eigenvalue weighted by Crippen LogP contribution is 2.67. The first-order valence-electron chi connectivity index (χ1n) is 12.7. The Morgan fingerprint density at radius 3 is 2.63 bits per heavy atom. The second-order valence-corrected chi connectivity index (χ2v) is 12.5. The lowest BCUT2D eigenvalue weighted by Gasteiger charge is -2.58.